The molecule has 2 aromatic rings. The normalized spacial score (nSPS) is 14.2. The molecule has 7 nitrogen and oxygen atoms in total. The number of nitro benzene ring substituents is 1. The third-order valence-corrected chi connectivity index (χ3v) is 4.95. The van der Waals surface area contributed by atoms with E-state index in [2.05, 4.69) is 27.9 Å². The number of halogens is 2. The Morgan fingerprint density at radius 3 is 2.62 bits per heavy atom. The molecule has 0 saturated carbocycles. The number of carbonyl (C=O) groups excluding carboxylic acids is 1. The average molecular weight is 488 g/mol. The molecule has 1 aliphatic heterocycles. The van der Waals surface area contributed by atoms with Crippen LogP contribution in [0.2, 0.25) is 5.02 Å². The van der Waals surface area contributed by atoms with Crippen molar-refractivity contribution in [1.82, 2.24) is 0 Å². The first kappa shape index (κ1) is 18.9. The Hall–Kier alpha value is -1.91. The number of hydrogen-bond acceptors (Lipinski definition) is 5. The van der Waals surface area contributed by atoms with Crippen molar-refractivity contribution in [2.75, 3.05) is 36.5 Å². The minimum Gasteiger partial charge on any atom is -0.378 e. The van der Waals surface area contributed by atoms with Gasteiger partial charge in [-0.1, -0.05) is 11.6 Å². The van der Waals surface area contributed by atoms with E-state index >= 15 is 0 Å². The fourth-order valence-electron chi connectivity index (χ4n) is 2.67. The van der Waals surface area contributed by atoms with E-state index in [1.807, 2.05) is 11.0 Å². The zero-order valence-corrected chi connectivity index (χ0v) is 16.5. The standard InChI is InChI=1S/C17H15ClIN3O4/c18-13-10-12(19)2-3-14(13)20-17(23)11-1-4-15(16(9-11)22(24)25)21-5-7-26-8-6-21/h1-4,9-10H,5-8H2,(H,20,23). The van der Waals surface area contributed by atoms with Crippen molar-refractivity contribution in [3.8, 4) is 0 Å². The third-order valence-electron chi connectivity index (χ3n) is 3.97. The summed E-state index contributed by atoms with van der Waals surface area (Å²) in [5, 5.41) is 14.6. The van der Waals surface area contributed by atoms with Gasteiger partial charge in [0.1, 0.15) is 5.69 Å². The number of carbonyl (C=O) groups is 1. The van der Waals surface area contributed by atoms with Crippen LogP contribution in [0.4, 0.5) is 17.1 Å². The van der Waals surface area contributed by atoms with Gasteiger partial charge in [-0.15, -0.1) is 0 Å². The number of amides is 1. The van der Waals surface area contributed by atoms with E-state index in [1.54, 1.807) is 24.3 Å². The second-order valence-electron chi connectivity index (χ2n) is 5.64. The van der Waals surface area contributed by atoms with E-state index in [-0.39, 0.29) is 11.3 Å². The van der Waals surface area contributed by atoms with E-state index in [0.29, 0.717) is 42.7 Å². The van der Waals surface area contributed by atoms with Gasteiger partial charge in [0.25, 0.3) is 11.6 Å². The van der Waals surface area contributed by atoms with Crippen LogP contribution in [0, 0.1) is 13.7 Å². The summed E-state index contributed by atoms with van der Waals surface area (Å²) in [6.45, 7) is 2.19. The van der Waals surface area contributed by atoms with Gasteiger partial charge in [0, 0.05) is 28.3 Å². The predicted molar refractivity (Wildman–Crippen MR) is 108 cm³/mol. The summed E-state index contributed by atoms with van der Waals surface area (Å²) < 4.78 is 6.22. The Morgan fingerprint density at radius 1 is 1.23 bits per heavy atom. The molecule has 0 aliphatic carbocycles. The van der Waals surface area contributed by atoms with Crippen molar-refractivity contribution in [1.29, 1.82) is 0 Å². The van der Waals surface area contributed by atoms with Crippen LogP contribution in [0.15, 0.2) is 36.4 Å². The highest BCUT2D eigenvalue weighted by Gasteiger charge is 2.23. The molecule has 1 N–H and O–H groups in total. The van der Waals surface area contributed by atoms with Crippen LogP contribution in [-0.2, 0) is 4.74 Å². The summed E-state index contributed by atoms with van der Waals surface area (Å²) >= 11 is 8.24. The van der Waals surface area contributed by atoms with E-state index in [1.165, 1.54) is 6.07 Å². The van der Waals surface area contributed by atoms with E-state index in [4.69, 9.17) is 16.3 Å². The van der Waals surface area contributed by atoms with Crippen molar-refractivity contribution in [3.05, 3.63) is 60.7 Å². The molecular formula is C17H15ClIN3O4. The summed E-state index contributed by atoms with van der Waals surface area (Å²) in [4.78, 5) is 25.4. The zero-order chi connectivity index (χ0) is 18.7. The molecule has 0 aromatic heterocycles. The molecule has 0 radical (unpaired) electrons. The largest absolute Gasteiger partial charge is 0.378 e. The Kier molecular flexibility index (Phi) is 5.94. The Bertz CT molecular complexity index is 856. The van der Waals surface area contributed by atoms with E-state index in [0.717, 1.165) is 3.57 Å². The fourth-order valence-corrected chi connectivity index (χ4v) is 3.57. The summed E-state index contributed by atoms with van der Waals surface area (Å²) in [7, 11) is 0. The molecule has 0 bridgehead atoms. The Morgan fingerprint density at radius 2 is 1.96 bits per heavy atom. The number of nitrogens with zero attached hydrogens (tertiary/aromatic N) is 2. The molecule has 1 amide bonds. The third kappa shape index (κ3) is 4.25. The van der Waals surface area contributed by atoms with Crippen molar-refractivity contribution in [3.63, 3.8) is 0 Å². The molecule has 2 aromatic carbocycles. The highest BCUT2D eigenvalue weighted by Crippen LogP contribution is 2.31. The van der Waals surface area contributed by atoms with Gasteiger partial charge in [0.15, 0.2) is 0 Å². The van der Waals surface area contributed by atoms with Crippen LogP contribution in [0.1, 0.15) is 10.4 Å². The average Bonchev–Trinajstić information content (AvgIpc) is 2.64. The molecule has 26 heavy (non-hydrogen) atoms. The number of hydrogen-bond donors (Lipinski definition) is 1. The lowest BCUT2D eigenvalue weighted by Gasteiger charge is -2.28. The Balaban J connectivity index is 1.86. The molecule has 0 atom stereocenters. The molecule has 1 fully saturated rings. The summed E-state index contributed by atoms with van der Waals surface area (Å²) in [5.41, 5.74) is 1.04. The first-order valence-electron chi connectivity index (χ1n) is 7.83. The van der Waals surface area contributed by atoms with Gasteiger partial charge in [-0.2, -0.15) is 0 Å². The SMILES string of the molecule is O=C(Nc1ccc(I)cc1Cl)c1ccc(N2CCOCC2)c([N+](=O)[O-])c1. The molecule has 0 unspecified atom stereocenters. The summed E-state index contributed by atoms with van der Waals surface area (Å²) in [6.07, 6.45) is 0. The second-order valence-corrected chi connectivity index (χ2v) is 7.29. The molecule has 3 rings (SSSR count). The maximum Gasteiger partial charge on any atom is 0.293 e. The number of rotatable bonds is 4. The van der Waals surface area contributed by atoms with Crippen LogP contribution in [-0.4, -0.2) is 37.1 Å². The van der Waals surface area contributed by atoms with Crippen molar-refractivity contribution in [2.24, 2.45) is 0 Å². The molecule has 1 aliphatic rings. The lowest BCUT2D eigenvalue weighted by molar-refractivity contribution is -0.384. The van der Waals surface area contributed by atoms with Crippen LogP contribution in [0.3, 0.4) is 0 Å². The fraction of sp³-hybridized carbons (Fsp3) is 0.235. The molecule has 136 valence electrons. The van der Waals surface area contributed by atoms with Gasteiger partial charge in [-0.3, -0.25) is 14.9 Å². The topological polar surface area (TPSA) is 84.7 Å². The maximum absolute atomic E-state index is 12.5. The molecule has 0 spiro atoms. The number of benzene rings is 2. The van der Waals surface area contributed by atoms with Crippen molar-refractivity contribution < 1.29 is 14.5 Å². The number of morpholine rings is 1. The zero-order valence-electron chi connectivity index (χ0n) is 13.6. The van der Waals surface area contributed by atoms with Crippen LogP contribution in [0.5, 0.6) is 0 Å². The van der Waals surface area contributed by atoms with Crippen molar-refractivity contribution in [2.45, 2.75) is 0 Å². The van der Waals surface area contributed by atoms with Gasteiger partial charge in [0.05, 0.1) is 28.8 Å². The quantitative estimate of drug-likeness (QED) is 0.401. The van der Waals surface area contributed by atoms with Crippen LogP contribution in [0.25, 0.3) is 0 Å². The summed E-state index contributed by atoms with van der Waals surface area (Å²) in [5.74, 6) is -0.454. The lowest BCUT2D eigenvalue weighted by atomic mass is 10.1. The van der Waals surface area contributed by atoms with Crippen molar-refractivity contribution >= 4 is 57.2 Å². The van der Waals surface area contributed by atoms with Gasteiger partial charge in [0.2, 0.25) is 0 Å². The molecule has 1 heterocycles. The first-order valence-corrected chi connectivity index (χ1v) is 9.29. The smallest absolute Gasteiger partial charge is 0.293 e. The molecular weight excluding hydrogens is 473 g/mol. The van der Waals surface area contributed by atoms with E-state index < -0.39 is 10.8 Å². The van der Waals surface area contributed by atoms with Crippen LogP contribution >= 0.6 is 34.2 Å². The number of nitrogens with one attached hydrogen (secondary N) is 1. The van der Waals surface area contributed by atoms with Gasteiger partial charge < -0.3 is 15.0 Å². The minimum atomic E-state index is -0.473. The number of nitro groups is 1. The predicted octanol–water partition coefficient (Wildman–Crippen LogP) is 3.94. The highest BCUT2D eigenvalue weighted by atomic mass is 127. The monoisotopic (exact) mass is 487 g/mol. The summed E-state index contributed by atoms with van der Waals surface area (Å²) in [6, 6.07) is 9.70. The van der Waals surface area contributed by atoms with Gasteiger partial charge in [-0.05, 0) is 52.9 Å². The lowest BCUT2D eigenvalue weighted by Crippen LogP contribution is -2.36. The van der Waals surface area contributed by atoms with Gasteiger partial charge >= 0.3 is 0 Å². The maximum atomic E-state index is 12.5. The van der Waals surface area contributed by atoms with Gasteiger partial charge in [-0.25, -0.2) is 0 Å². The number of ether oxygens (including phenoxy) is 1. The Labute approximate surface area is 168 Å². The number of anilines is 2. The molecule has 1 saturated heterocycles. The minimum absolute atomic E-state index is 0.103. The first-order chi connectivity index (χ1) is 12.5. The van der Waals surface area contributed by atoms with Crippen LogP contribution < -0.4 is 10.2 Å². The second kappa shape index (κ2) is 8.19. The highest BCUT2D eigenvalue weighted by molar-refractivity contribution is 14.1. The van der Waals surface area contributed by atoms with E-state index in [9.17, 15) is 14.9 Å². The molecule has 9 heteroatoms.